The molecule has 7 nitrogen and oxygen atoms in total. The van der Waals surface area contributed by atoms with Gasteiger partial charge >= 0.3 is 5.97 Å². The van der Waals surface area contributed by atoms with Crippen molar-refractivity contribution in [3.05, 3.63) is 47.2 Å². The molecule has 164 valence electrons. The average Bonchev–Trinajstić information content (AvgIpc) is 3.02. The standard InChI is InChI=1S/C23H34N4O3/c1-8-30-22(29)18-13-25-27(7)21(18)26-19(28)14-24-20(15(2)3)16-9-11-17(12-10-16)23(4,5)6/h9-13,15,20,24H,8,14H2,1-7H3,(H,26,28). The summed E-state index contributed by atoms with van der Waals surface area (Å²) in [6.07, 6.45) is 1.40. The molecule has 1 atom stereocenters. The molecule has 1 aromatic heterocycles. The number of aryl methyl sites for hydroxylation is 1. The lowest BCUT2D eigenvalue weighted by Gasteiger charge is -2.25. The summed E-state index contributed by atoms with van der Waals surface area (Å²) in [5.74, 6) is -0.130. The molecule has 0 spiro atoms. The quantitative estimate of drug-likeness (QED) is 0.642. The van der Waals surface area contributed by atoms with Gasteiger partial charge in [-0.15, -0.1) is 0 Å². The lowest BCUT2D eigenvalue weighted by Crippen LogP contribution is -2.34. The van der Waals surface area contributed by atoms with E-state index in [0.717, 1.165) is 5.56 Å². The number of amides is 1. The minimum absolute atomic E-state index is 0.0285. The number of hydrogen-bond donors (Lipinski definition) is 2. The van der Waals surface area contributed by atoms with Crippen molar-refractivity contribution in [3.63, 3.8) is 0 Å². The number of ether oxygens (including phenoxy) is 1. The molecule has 0 aliphatic carbocycles. The second kappa shape index (κ2) is 9.89. The van der Waals surface area contributed by atoms with Crippen LogP contribution in [0.25, 0.3) is 0 Å². The van der Waals surface area contributed by atoms with Crippen LogP contribution in [-0.4, -0.2) is 34.8 Å². The molecule has 30 heavy (non-hydrogen) atoms. The number of anilines is 1. The molecular weight excluding hydrogens is 380 g/mol. The van der Waals surface area contributed by atoms with E-state index >= 15 is 0 Å². The van der Waals surface area contributed by atoms with Crippen molar-refractivity contribution in [2.75, 3.05) is 18.5 Å². The zero-order valence-corrected chi connectivity index (χ0v) is 19.1. The number of aromatic nitrogens is 2. The number of esters is 1. The highest BCUT2D eigenvalue weighted by Gasteiger charge is 2.21. The number of hydrogen-bond acceptors (Lipinski definition) is 5. The molecule has 2 N–H and O–H groups in total. The van der Waals surface area contributed by atoms with Gasteiger partial charge in [0.05, 0.1) is 19.3 Å². The van der Waals surface area contributed by atoms with Gasteiger partial charge < -0.3 is 15.4 Å². The molecule has 0 aliphatic heterocycles. The first-order chi connectivity index (χ1) is 14.0. The van der Waals surface area contributed by atoms with Gasteiger partial charge in [-0.2, -0.15) is 5.10 Å². The normalized spacial score (nSPS) is 12.7. The van der Waals surface area contributed by atoms with Crippen molar-refractivity contribution in [1.29, 1.82) is 0 Å². The molecule has 1 unspecified atom stereocenters. The molecule has 0 radical (unpaired) electrons. The third-order valence-electron chi connectivity index (χ3n) is 4.98. The summed E-state index contributed by atoms with van der Waals surface area (Å²) in [5, 5.41) is 10.2. The zero-order valence-electron chi connectivity index (χ0n) is 19.1. The molecule has 7 heteroatoms. The minimum Gasteiger partial charge on any atom is -0.462 e. The molecule has 2 aromatic rings. The van der Waals surface area contributed by atoms with Gasteiger partial charge in [-0.1, -0.05) is 58.9 Å². The first-order valence-electron chi connectivity index (χ1n) is 10.4. The van der Waals surface area contributed by atoms with E-state index in [1.807, 2.05) is 0 Å². The maximum Gasteiger partial charge on any atom is 0.343 e. The molecule has 1 heterocycles. The number of benzene rings is 1. The van der Waals surface area contributed by atoms with Crippen LogP contribution in [0.2, 0.25) is 0 Å². The van der Waals surface area contributed by atoms with Crippen LogP contribution in [0.5, 0.6) is 0 Å². The Morgan fingerprint density at radius 2 is 1.80 bits per heavy atom. The highest BCUT2D eigenvalue weighted by Crippen LogP contribution is 2.26. The Labute approximate surface area is 179 Å². The molecule has 1 aromatic carbocycles. The Kier molecular flexibility index (Phi) is 7.78. The SMILES string of the molecule is CCOC(=O)c1cnn(C)c1NC(=O)CNC(c1ccc(C(C)(C)C)cc1)C(C)C. The smallest absolute Gasteiger partial charge is 0.343 e. The third-order valence-corrected chi connectivity index (χ3v) is 4.98. The molecule has 1 amide bonds. The number of nitrogens with one attached hydrogen (secondary N) is 2. The first kappa shape index (κ1) is 23.6. The van der Waals surface area contributed by atoms with Gasteiger partial charge in [0.25, 0.3) is 0 Å². The lowest BCUT2D eigenvalue weighted by atomic mass is 9.85. The van der Waals surface area contributed by atoms with E-state index < -0.39 is 5.97 Å². The van der Waals surface area contributed by atoms with Crippen LogP contribution >= 0.6 is 0 Å². The fourth-order valence-corrected chi connectivity index (χ4v) is 3.25. The Balaban J connectivity index is 2.06. The van der Waals surface area contributed by atoms with Crippen molar-refractivity contribution in [3.8, 4) is 0 Å². The Morgan fingerprint density at radius 3 is 2.33 bits per heavy atom. The van der Waals surface area contributed by atoms with E-state index in [-0.39, 0.29) is 36.1 Å². The Morgan fingerprint density at radius 1 is 1.17 bits per heavy atom. The lowest BCUT2D eigenvalue weighted by molar-refractivity contribution is -0.115. The van der Waals surface area contributed by atoms with Crippen LogP contribution in [0, 0.1) is 5.92 Å². The van der Waals surface area contributed by atoms with Crippen LogP contribution in [-0.2, 0) is 22.0 Å². The van der Waals surface area contributed by atoms with E-state index in [1.54, 1.807) is 14.0 Å². The van der Waals surface area contributed by atoms with Crippen LogP contribution < -0.4 is 10.6 Å². The van der Waals surface area contributed by atoms with E-state index in [9.17, 15) is 9.59 Å². The van der Waals surface area contributed by atoms with Crippen molar-refractivity contribution in [2.45, 2.75) is 53.0 Å². The summed E-state index contributed by atoms with van der Waals surface area (Å²) in [4.78, 5) is 24.6. The topological polar surface area (TPSA) is 85.2 Å². The first-order valence-corrected chi connectivity index (χ1v) is 10.4. The van der Waals surface area contributed by atoms with Gasteiger partial charge in [-0.3, -0.25) is 9.48 Å². The second-order valence-corrected chi connectivity index (χ2v) is 8.77. The van der Waals surface area contributed by atoms with Crippen molar-refractivity contribution in [2.24, 2.45) is 13.0 Å². The van der Waals surface area contributed by atoms with Gasteiger partial charge in [-0.05, 0) is 29.4 Å². The minimum atomic E-state index is -0.507. The van der Waals surface area contributed by atoms with E-state index in [0.29, 0.717) is 11.7 Å². The van der Waals surface area contributed by atoms with E-state index in [1.165, 1.54) is 16.4 Å². The summed E-state index contributed by atoms with van der Waals surface area (Å²) in [5.41, 5.74) is 2.75. The molecular formula is C23H34N4O3. The van der Waals surface area contributed by atoms with Gasteiger partial charge in [0, 0.05) is 13.1 Å². The molecule has 0 bridgehead atoms. The monoisotopic (exact) mass is 414 g/mol. The second-order valence-electron chi connectivity index (χ2n) is 8.77. The number of rotatable bonds is 8. The summed E-state index contributed by atoms with van der Waals surface area (Å²) >= 11 is 0. The van der Waals surface area contributed by atoms with E-state index in [4.69, 9.17) is 4.74 Å². The fourth-order valence-electron chi connectivity index (χ4n) is 3.25. The van der Waals surface area contributed by atoms with Crippen LogP contribution in [0.15, 0.2) is 30.5 Å². The average molecular weight is 415 g/mol. The number of nitrogens with zero attached hydrogens (tertiary/aromatic N) is 2. The molecule has 0 saturated carbocycles. The fraction of sp³-hybridized carbons (Fsp3) is 0.522. The maximum absolute atomic E-state index is 12.6. The summed E-state index contributed by atoms with van der Waals surface area (Å²) in [6.45, 7) is 12.9. The van der Waals surface area contributed by atoms with Gasteiger partial charge in [0.1, 0.15) is 11.4 Å². The third kappa shape index (κ3) is 5.92. The van der Waals surface area contributed by atoms with Crippen LogP contribution in [0.3, 0.4) is 0 Å². The zero-order chi connectivity index (χ0) is 22.5. The Hall–Kier alpha value is -2.67. The molecule has 2 rings (SSSR count). The molecule has 0 aliphatic rings. The van der Waals surface area contributed by atoms with E-state index in [2.05, 4.69) is 74.6 Å². The summed E-state index contributed by atoms with van der Waals surface area (Å²) in [7, 11) is 1.67. The predicted molar refractivity (Wildman–Crippen MR) is 119 cm³/mol. The predicted octanol–water partition coefficient (Wildman–Crippen LogP) is 3.82. The van der Waals surface area contributed by atoms with Crippen molar-refractivity contribution < 1.29 is 14.3 Å². The number of carbonyl (C=O) groups excluding carboxylic acids is 2. The van der Waals surface area contributed by atoms with Crippen LogP contribution in [0.4, 0.5) is 5.82 Å². The Bertz CT molecular complexity index is 864. The van der Waals surface area contributed by atoms with Crippen LogP contribution in [0.1, 0.15) is 69.1 Å². The van der Waals surface area contributed by atoms with Gasteiger partial charge in [-0.25, -0.2) is 4.79 Å². The summed E-state index contributed by atoms with van der Waals surface area (Å²) in [6, 6.07) is 8.56. The highest BCUT2D eigenvalue weighted by molar-refractivity contribution is 6.00. The number of carbonyl (C=O) groups is 2. The largest absolute Gasteiger partial charge is 0.462 e. The maximum atomic E-state index is 12.6. The van der Waals surface area contributed by atoms with Gasteiger partial charge in [0.2, 0.25) is 5.91 Å². The molecule has 0 saturated heterocycles. The van der Waals surface area contributed by atoms with Crippen molar-refractivity contribution >= 4 is 17.7 Å². The van der Waals surface area contributed by atoms with Gasteiger partial charge in [0.15, 0.2) is 0 Å². The van der Waals surface area contributed by atoms with Crippen molar-refractivity contribution in [1.82, 2.24) is 15.1 Å². The summed E-state index contributed by atoms with van der Waals surface area (Å²) < 4.78 is 6.48. The molecule has 0 fully saturated rings. The highest BCUT2D eigenvalue weighted by atomic mass is 16.5.